The highest BCUT2D eigenvalue weighted by Crippen LogP contribution is 2.03. The highest BCUT2D eigenvalue weighted by molar-refractivity contribution is 5.80. The molecular weight excluding hydrogens is 416 g/mol. The molecule has 1 unspecified atom stereocenters. The van der Waals surface area contributed by atoms with Gasteiger partial charge in [0.2, 0.25) is 17.7 Å². The number of aliphatic hydroxyl groups excluding tert-OH is 3. The minimum atomic E-state index is -1.00. The van der Waals surface area contributed by atoms with Crippen LogP contribution < -0.4 is 16.0 Å². The Kier molecular flexibility index (Phi) is 17.8. The molecule has 0 spiro atoms. The summed E-state index contributed by atoms with van der Waals surface area (Å²) >= 11 is 0. The van der Waals surface area contributed by atoms with Crippen molar-refractivity contribution in [2.75, 3.05) is 39.3 Å². The van der Waals surface area contributed by atoms with Crippen LogP contribution >= 0.6 is 0 Å². The number of nitrogens with zero attached hydrogens (tertiary/aromatic N) is 1. The maximum atomic E-state index is 12.4. The zero-order valence-electron chi connectivity index (χ0n) is 19.9. The minimum Gasteiger partial charge on any atom is -0.393 e. The summed E-state index contributed by atoms with van der Waals surface area (Å²) < 4.78 is 0. The van der Waals surface area contributed by atoms with Crippen molar-refractivity contribution in [2.24, 2.45) is 0 Å². The van der Waals surface area contributed by atoms with Gasteiger partial charge in [-0.25, -0.2) is 0 Å². The van der Waals surface area contributed by atoms with Crippen molar-refractivity contribution in [3.63, 3.8) is 0 Å². The molecule has 32 heavy (non-hydrogen) atoms. The summed E-state index contributed by atoms with van der Waals surface area (Å²) in [5, 5.41) is 36.8. The molecule has 0 aliphatic rings. The highest BCUT2D eigenvalue weighted by Gasteiger charge is 2.16. The predicted molar refractivity (Wildman–Crippen MR) is 123 cm³/mol. The van der Waals surface area contributed by atoms with Crippen LogP contribution in [-0.2, 0) is 14.4 Å². The summed E-state index contributed by atoms with van der Waals surface area (Å²) in [5.74, 6) is -0.660. The Morgan fingerprint density at radius 2 is 1.38 bits per heavy atom. The van der Waals surface area contributed by atoms with Crippen molar-refractivity contribution in [3.8, 4) is 0 Å². The van der Waals surface area contributed by atoms with Crippen molar-refractivity contribution >= 4 is 17.7 Å². The number of hydrogen-bond donors (Lipinski definition) is 6. The molecule has 0 heterocycles. The van der Waals surface area contributed by atoms with Gasteiger partial charge in [0.25, 0.3) is 0 Å². The monoisotopic (exact) mass is 460 g/mol. The number of rotatable bonds is 19. The third kappa shape index (κ3) is 16.9. The zero-order chi connectivity index (χ0) is 24.4. The topological polar surface area (TPSA) is 151 Å². The SMILES string of the molecule is CCC(O)C(=O)NCCCN(CCCCNCCCNC(=O)C[C@@H](C)O)C(=O)C[C@@H](C)O. The molecule has 0 bridgehead atoms. The number of unbranched alkanes of at least 4 members (excludes halogenated alkanes) is 1. The molecule has 0 radical (unpaired) electrons. The van der Waals surface area contributed by atoms with Crippen LogP contribution in [0, 0.1) is 0 Å². The summed E-state index contributed by atoms with van der Waals surface area (Å²) in [7, 11) is 0. The van der Waals surface area contributed by atoms with Gasteiger partial charge in [0.1, 0.15) is 6.10 Å². The summed E-state index contributed by atoms with van der Waals surface area (Å²) in [6.07, 6.45) is 1.27. The molecule has 0 rings (SSSR count). The van der Waals surface area contributed by atoms with E-state index >= 15 is 0 Å². The van der Waals surface area contributed by atoms with Crippen molar-refractivity contribution in [1.82, 2.24) is 20.9 Å². The van der Waals surface area contributed by atoms with Crippen LogP contribution in [0.15, 0.2) is 0 Å². The number of amides is 3. The van der Waals surface area contributed by atoms with Gasteiger partial charge in [-0.2, -0.15) is 0 Å². The number of nitrogens with one attached hydrogen (secondary N) is 3. The second-order valence-corrected chi connectivity index (χ2v) is 8.22. The number of carbonyl (C=O) groups is 3. The molecule has 3 atom stereocenters. The first kappa shape index (κ1) is 30.2. The standard InChI is InChI=1S/C22H44N4O6/c1-4-19(29)22(32)25-12-8-14-26(21(31)16-18(3)28)13-6-5-9-23-10-7-11-24-20(30)15-17(2)27/h17-19,23,27-29H,4-16H2,1-3H3,(H,24,30)(H,25,32)/t17-,18-,19?/m1/s1. The van der Waals surface area contributed by atoms with E-state index in [1.54, 1.807) is 25.7 Å². The van der Waals surface area contributed by atoms with Crippen LogP contribution in [0.4, 0.5) is 0 Å². The first-order chi connectivity index (χ1) is 15.2. The quantitative estimate of drug-likeness (QED) is 0.142. The van der Waals surface area contributed by atoms with E-state index in [9.17, 15) is 24.6 Å². The molecule has 0 saturated heterocycles. The van der Waals surface area contributed by atoms with Crippen molar-refractivity contribution in [1.29, 1.82) is 0 Å². The Morgan fingerprint density at radius 3 is 2.00 bits per heavy atom. The lowest BCUT2D eigenvalue weighted by atomic mass is 10.2. The van der Waals surface area contributed by atoms with Gasteiger partial charge in [-0.1, -0.05) is 6.92 Å². The molecule has 6 N–H and O–H groups in total. The van der Waals surface area contributed by atoms with Gasteiger partial charge in [0.05, 0.1) is 25.0 Å². The second-order valence-electron chi connectivity index (χ2n) is 8.22. The fourth-order valence-electron chi connectivity index (χ4n) is 2.99. The third-order valence-corrected chi connectivity index (χ3v) is 4.78. The minimum absolute atomic E-state index is 0.0694. The lowest BCUT2D eigenvalue weighted by Crippen LogP contribution is -2.38. The van der Waals surface area contributed by atoms with Crippen LogP contribution in [0.3, 0.4) is 0 Å². The normalized spacial score (nSPS) is 13.8. The Balaban J connectivity index is 4.04. The van der Waals surface area contributed by atoms with Crippen molar-refractivity contribution < 1.29 is 29.7 Å². The smallest absolute Gasteiger partial charge is 0.248 e. The van der Waals surface area contributed by atoms with Gasteiger partial charge in [-0.3, -0.25) is 14.4 Å². The Bertz CT molecular complexity index is 531. The van der Waals surface area contributed by atoms with Gasteiger partial charge in [-0.05, 0) is 59.0 Å². The third-order valence-electron chi connectivity index (χ3n) is 4.78. The fourth-order valence-corrected chi connectivity index (χ4v) is 2.99. The summed E-state index contributed by atoms with van der Waals surface area (Å²) in [5.41, 5.74) is 0. The van der Waals surface area contributed by atoms with Crippen molar-refractivity contribution in [3.05, 3.63) is 0 Å². The molecule has 0 fully saturated rings. The van der Waals surface area contributed by atoms with E-state index in [0.717, 1.165) is 32.4 Å². The number of hydrogen-bond acceptors (Lipinski definition) is 7. The lowest BCUT2D eigenvalue weighted by molar-refractivity contribution is -0.133. The molecule has 10 heteroatoms. The van der Waals surface area contributed by atoms with Crippen LogP contribution in [0.2, 0.25) is 0 Å². The first-order valence-corrected chi connectivity index (χ1v) is 11.7. The lowest BCUT2D eigenvalue weighted by Gasteiger charge is -2.24. The van der Waals surface area contributed by atoms with Crippen LogP contribution in [0.5, 0.6) is 0 Å². The van der Waals surface area contributed by atoms with E-state index < -0.39 is 24.2 Å². The van der Waals surface area contributed by atoms with Gasteiger partial charge in [0, 0.05) is 26.2 Å². The maximum Gasteiger partial charge on any atom is 0.248 e. The van der Waals surface area contributed by atoms with E-state index in [1.165, 1.54) is 0 Å². The van der Waals surface area contributed by atoms with Gasteiger partial charge in [-0.15, -0.1) is 0 Å². The largest absolute Gasteiger partial charge is 0.393 e. The molecule has 0 saturated carbocycles. The van der Waals surface area contributed by atoms with Crippen LogP contribution in [-0.4, -0.2) is 95.5 Å². The molecule has 3 amide bonds. The molecule has 0 aromatic rings. The van der Waals surface area contributed by atoms with E-state index in [0.29, 0.717) is 39.0 Å². The van der Waals surface area contributed by atoms with E-state index in [2.05, 4.69) is 16.0 Å². The van der Waals surface area contributed by atoms with E-state index in [4.69, 9.17) is 5.11 Å². The second kappa shape index (κ2) is 18.8. The average Bonchev–Trinajstić information content (AvgIpc) is 2.71. The molecule has 0 aliphatic carbocycles. The molecule has 0 aromatic heterocycles. The summed E-state index contributed by atoms with van der Waals surface area (Å²) in [6, 6.07) is 0. The molecule has 0 aliphatic heterocycles. The van der Waals surface area contributed by atoms with Crippen LogP contribution in [0.1, 0.15) is 65.7 Å². The zero-order valence-corrected chi connectivity index (χ0v) is 19.9. The maximum absolute atomic E-state index is 12.4. The molecule has 10 nitrogen and oxygen atoms in total. The molecular formula is C22H44N4O6. The first-order valence-electron chi connectivity index (χ1n) is 11.7. The van der Waals surface area contributed by atoms with Crippen LogP contribution in [0.25, 0.3) is 0 Å². The van der Waals surface area contributed by atoms with Gasteiger partial charge in [0.15, 0.2) is 0 Å². The Labute approximate surface area is 192 Å². The Morgan fingerprint density at radius 1 is 0.781 bits per heavy atom. The summed E-state index contributed by atoms with van der Waals surface area (Å²) in [6.45, 7) is 8.45. The number of carbonyl (C=O) groups excluding carboxylic acids is 3. The van der Waals surface area contributed by atoms with Gasteiger partial charge < -0.3 is 36.2 Å². The van der Waals surface area contributed by atoms with Gasteiger partial charge >= 0.3 is 0 Å². The Hall–Kier alpha value is -1.75. The number of aliphatic hydroxyl groups is 3. The highest BCUT2D eigenvalue weighted by atomic mass is 16.3. The molecule has 0 aromatic carbocycles. The molecule has 188 valence electrons. The van der Waals surface area contributed by atoms with E-state index in [-0.39, 0.29) is 24.7 Å². The van der Waals surface area contributed by atoms with Crippen molar-refractivity contribution in [2.45, 2.75) is 84.0 Å². The fraction of sp³-hybridized carbons (Fsp3) is 0.864. The van der Waals surface area contributed by atoms with E-state index in [1.807, 2.05) is 0 Å². The average molecular weight is 461 g/mol. The predicted octanol–water partition coefficient (Wildman–Crippen LogP) is -0.490. The summed E-state index contributed by atoms with van der Waals surface area (Å²) in [4.78, 5) is 37.1.